The van der Waals surface area contributed by atoms with Crippen LogP contribution in [0.4, 0.5) is 4.79 Å². The van der Waals surface area contributed by atoms with Gasteiger partial charge in [0, 0.05) is 13.2 Å². The summed E-state index contributed by atoms with van der Waals surface area (Å²) in [6.45, 7) is 8.97. The van der Waals surface area contributed by atoms with E-state index < -0.39 is 5.60 Å². The van der Waals surface area contributed by atoms with Gasteiger partial charge in [0.1, 0.15) is 5.60 Å². The summed E-state index contributed by atoms with van der Waals surface area (Å²) in [4.78, 5) is 11.3. The van der Waals surface area contributed by atoms with Gasteiger partial charge in [-0.05, 0) is 46.7 Å². The number of aliphatic hydroxyl groups excluding tert-OH is 1. The van der Waals surface area contributed by atoms with Crippen LogP contribution < -0.4 is 10.6 Å². The summed E-state index contributed by atoms with van der Waals surface area (Å²) >= 11 is 0. The summed E-state index contributed by atoms with van der Waals surface area (Å²) in [7, 11) is 0. The molecule has 0 aliphatic heterocycles. The van der Waals surface area contributed by atoms with Crippen LogP contribution in [-0.4, -0.2) is 56.3 Å². The molecule has 19 heavy (non-hydrogen) atoms. The number of alkyl carbamates (subject to hydrolysis) is 1. The highest BCUT2D eigenvalue weighted by Crippen LogP contribution is 2.06. The van der Waals surface area contributed by atoms with Crippen LogP contribution in [-0.2, 0) is 9.47 Å². The molecule has 0 aliphatic rings. The van der Waals surface area contributed by atoms with Crippen LogP contribution in [0.15, 0.2) is 0 Å². The quantitative estimate of drug-likeness (QED) is 0.516. The third-order valence-corrected chi connectivity index (χ3v) is 2.08. The predicted molar refractivity (Wildman–Crippen MR) is 74.2 cm³/mol. The first-order valence-electron chi connectivity index (χ1n) is 6.82. The molecule has 6 heteroatoms. The number of aliphatic hydroxyl groups is 1. The molecule has 0 saturated carbocycles. The SMILES string of the molecule is CC(C)(C)OC(=O)NCCCNCCCOCCO. The second-order valence-electron chi connectivity index (χ2n) is 5.22. The molecule has 0 aromatic rings. The maximum atomic E-state index is 11.3. The number of ether oxygens (including phenoxy) is 2. The van der Waals surface area contributed by atoms with Crippen molar-refractivity contribution in [2.45, 2.75) is 39.2 Å². The lowest BCUT2D eigenvalue weighted by atomic mass is 10.2. The Balaban J connectivity index is 3.21. The Bertz CT molecular complexity index is 229. The smallest absolute Gasteiger partial charge is 0.407 e. The lowest BCUT2D eigenvalue weighted by Gasteiger charge is -2.19. The molecule has 0 atom stereocenters. The van der Waals surface area contributed by atoms with Crippen LogP contribution in [0.1, 0.15) is 33.6 Å². The highest BCUT2D eigenvalue weighted by Gasteiger charge is 2.15. The van der Waals surface area contributed by atoms with E-state index in [9.17, 15) is 4.79 Å². The predicted octanol–water partition coefficient (Wildman–Crippen LogP) is 0.890. The number of amides is 1. The largest absolute Gasteiger partial charge is 0.444 e. The summed E-state index contributed by atoms with van der Waals surface area (Å²) in [6, 6.07) is 0. The second-order valence-corrected chi connectivity index (χ2v) is 5.22. The maximum Gasteiger partial charge on any atom is 0.407 e. The fourth-order valence-corrected chi connectivity index (χ4v) is 1.31. The second kappa shape index (κ2) is 11.0. The molecule has 0 unspecified atom stereocenters. The first-order chi connectivity index (χ1) is 8.95. The van der Waals surface area contributed by atoms with Crippen LogP contribution in [0.5, 0.6) is 0 Å². The molecule has 0 aromatic heterocycles. The average molecular weight is 276 g/mol. The Morgan fingerprint density at radius 1 is 1.11 bits per heavy atom. The third kappa shape index (κ3) is 15.1. The monoisotopic (exact) mass is 276 g/mol. The Morgan fingerprint density at radius 3 is 2.42 bits per heavy atom. The van der Waals surface area contributed by atoms with Crippen molar-refractivity contribution in [3.63, 3.8) is 0 Å². The standard InChI is InChI=1S/C13H28N2O4/c1-13(2,3)19-12(17)15-8-4-6-14-7-5-10-18-11-9-16/h14,16H,4-11H2,1-3H3,(H,15,17). The minimum atomic E-state index is -0.448. The van der Waals surface area contributed by atoms with Crippen molar-refractivity contribution in [3.8, 4) is 0 Å². The molecule has 3 N–H and O–H groups in total. The highest BCUT2D eigenvalue weighted by atomic mass is 16.6. The van der Waals surface area contributed by atoms with E-state index in [0.29, 0.717) is 19.8 Å². The lowest BCUT2D eigenvalue weighted by Crippen LogP contribution is -2.34. The topological polar surface area (TPSA) is 79.8 Å². The van der Waals surface area contributed by atoms with Crippen LogP contribution in [0, 0.1) is 0 Å². The van der Waals surface area contributed by atoms with Crippen LogP contribution in [0.25, 0.3) is 0 Å². The third-order valence-electron chi connectivity index (χ3n) is 2.08. The molecule has 0 rings (SSSR count). The Kier molecular flexibility index (Phi) is 10.5. The Morgan fingerprint density at radius 2 is 1.79 bits per heavy atom. The maximum absolute atomic E-state index is 11.3. The zero-order chi connectivity index (χ0) is 14.6. The molecule has 1 amide bonds. The zero-order valence-electron chi connectivity index (χ0n) is 12.3. The van der Waals surface area contributed by atoms with E-state index in [1.807, 2.05) is 20.8 Å². The van der Waals surface area contributed by atoms with Crippen molar-refractivity contribution in [3.05, 3.63) is 0 Å². The Hall–Kier alpha value is -0.850. The normalized spacial score (nSPS) is 11.4. The van der Waals surface area contributed by atoms with E-state index in [2.05, 4.69) is 10.6 Å². The average Bonchev–Trinajstić information content (AvgIpc) is 2.29. The highest BCUT2D eigenvalue weighted by molar-refractivity contribution is 5.67. The number of hydrogen-bond acceptors (Lipinski definition) is 5. The lowest BCUT2D eigenvalue weighted by molar-refractivity contribution is 0.0527. The van der Waals surface area contributed by atoms with Crippen molar-refractivity contribution in [2.24, 2.45) is 0 Å². The van der Waals surface area contributed by atoms with Gasteiger partial charge in [-0.1, -0.05) is 0 Å². The van der Waals surface area contributed by atoms with Crippen molar-refractivity contribution < 1.29 is 19.4 Å². The van der Waals surface area contributed by atoms with Gasteiger partial charge >= 0.3 is 6.09 Å². The van der Waals surface area contributed by atoms with Gasteiger partial charge in [-0.25, -0.2) is 4.79 Å². The van der Waals surface area contributed by atoms with Gasteiger partial charge in [0.25, 0.3) is 0 Å². The van der Waals surface area contributed by atoms with Gasteiger partial charge in [0.2, 0.25) is 0 Å². The van der Waals surface area contributed by atoms with E-state index in [0.717, 1.165) is 25.9 Å². The molecule has 114 valence electrons. The van der Waals surface area contributed by atoms with Crippen molar-refractivity contribution >= 4 is 6.09 Å². The zero-order valence-corrected chi connectivity index (χ0v) is 12.3. The molecule has 0 spiro atoms. The minimum Gasteiger partial charge on any atom is -0.444 e. The van der Waals surface area contributed by atoms with Gasteiger partial charge in [-0.3, -0.25) is 0 Å². The molecule has 0 bridgehead atoms. The van der Waals surface area contributed by atoms with Gasteiger partial charge in [-0.2, -0.15) is 0 Å². The van der Waals surface area contributed by atoms with Crippen molar-refractivity contribution in [2.75, 3.05) is 39.5 Å². The van der Waals surface area contributed by atoms with E-state index in [1.54, 1.807) is 0 Å². The molecular formula is C13H28N2O4. The summed E-state index contributed by atoms with van der Waals surface area (Å²) in [5.41, 5.74) is -0.448. The molecule has 0 radical (unpaired) electrons. The summed E-state index contributed by atoms with van der Waals surface area (Å²) in [6.07, 6.45) is 1.40. The number of carbonyl (C=O) groups excluding carboxylic acids is 1. The Labute approximate surface area is 115 Å². The van der Waals surface area contributed by atoms with Gasteiger partial charge in [-0.15, -0.1) is 0 Å². The van der Waals surface area contributed by atoms with Gasteiger partial charge < -0.3 is 25.2 Å². The van der Waals surface area contributed by atoms with E-state index in [-0.39, 0.29) is 12.7 Å². The fraction of sp³-hybridized carbons (Fsp3) is 0.923. The van der Waals surface area contributed by atoms with Crippen LogP contribution in [0.2, 0.25) is 0 Å². The first kappa shape index (κ1) is 18.1. The fourth-order valence-electron chi connectivity index (χ4n) is 1.31. The number of nitrogens with one attached hydrogen (secondary N) is 2. The van der Waals surface area contributed by atoms with Crippen LogP contribution in [0.3, 0.4) is 0 Å². The van der Waals surface area contributed by atoms with Gasteiger partial charge in [0.15, 0.2) is 0 Å². The molecule has 0 aromatic carbocycles. The molecule has 0 heterocycles. The van der Waals surface area contributed by atoms with Gasteiger partial charge in [0.05, 0.1) is 13.2 Å². The summed E-state index contributed by atoms with van der Waals surface area (Å²) < 4.78 is 10.2. The number of hydrogen-bond donors (Lipinski definition) is 3. The first-order valence-corrected chi connectivity index (χ1v) is 6.82. The number of rotatable bonds is 10. The van der Waals surface area contributed by atoms with E-state index in [4.69, 9.17) is 14.6 Å². The molecule has 0 fully saturated rings. The summed E-state index contributed by atoms with van der Waals surface area (Å²) in [5.74, 6) is 0. The van der Waals surface area contributed by atoms with Crippen molar-refractivity contribution in [1.29, 1.82) is 0 Å². The van der Waals surface area contributed by atoms with E-state index >= 15 is 0 Å². The molecule has 0 saturated heterocycles. The molecular weight excluding hydrogens is 248 g/mol. The van der Waals surface area contributed by atoms with E-state index in [1.165, 1.54) is 0 Å². The minimum absolute atomic E-state index is 0.0732. The number of carbonyl (C=O) groups is 1. The summed E-state index contributed by atoms with van der Waals surface area (Å²) in [5, 5.41) is 14.5. The van der Waals surface area contributed by atoms with Crippen molar-refractivity contribution in [1.82, 2.24) is 10.6 Å². The molecule has 0 aliphatic carbocycles. The molecule has 6 nitrogen and oxygen atoms in total. The van der Waals surface area contributed by atoms with Crippen LogP contribution >= 0.6 is 0 Å².